The zero-order chi connectivity index (χ0) is 24.0. The number of carbonyl (C=O) groups excluding carboxylic acids is 2. The molecule has 1 aliphatic rings. The Kier molecular flexibility index (Phi) is 11.7. The number of aliphatic imine (C=N–C) groups is 1. The Hall–Kier alpha value is -3.14. The molecule has 0 spiro atoms. The van der Waals surface area contributed by atoms with Crippen LogP contribution in [0.5, 0.6) is 0 Å². The molecule has 0 aromatic heterocycles. The molecule has 6 N–H and O–H groups in total. The van der Waals surface area contributed by atoms with E-state index in [2.05, 4.69) is 33.1 Å². The first kappa shape index (κ1) is 29.9. The second kappa shape index (κ2) is 13.7. The van der Waals surface area contributed by atoms with Gasteiger partial charge in [-0.2, -0.15) is 4.99 Å². The molecule has 2 aromatic carbocycles. The Morgan fingerprint density at radius 2 is 1.86 bits per heavy atom. The van der Waals surface area contributed by atoms with Crippen LogP contribution in [0.4, 0.5) is 4.79 Å². The molecular formula is C24H31Cl2N5O4. The summed E-state index contributed by atoms with van der Waals surface area (Å²) in [6, 6.07) is 14.0. The molecule has 1 heterocycles. The maximum Gasteiger partial charge on any atom is 0.433 e. The van der Waals surface area contributed by atoms with E-state index in [4.69, 9.17) is 10.8 Å². The van der Waals surface area contributed by atoms with Crippen molar-refractivity contribution in [2.24, 2.45) is 10.7 Å². The molecule has 0 radical (unpaired) electrons. The maximum atomic E-state index is 12.6. The number of hydrogen-bond donors (Lipinski definition) is 5. The van der Waals surface area contributed by atoms with Crippen molar-refractivity contribution in [1.29, 1.82) is 0 Å². The van der Waals surface area contributed by atoms with Crippen molar-refractivity contribution >= 4 is 48.6 Å². The van der Waals surface area contributed by atoms with Crippen LogP contribution in [-0.4, -0.2) is 47.5 Å². The third-order valence-electron chi connectivity index (χ3n) is 5.65. The summed E-state index contributed by atoms with van der Waals surface area (Å²) in [6.45, 7) is 4.67. The summed E-state index contributed by atoms with van der Waals surface area (Å²) in [5.74, 6) is -0.320. The van der Waals surface area contributed by atoms with Gasteiger partial charge in [-0.3, -0.25) is 9.59 Å². The number of benzene rings is 2. The van der Waals surface area contributed by atoms with E-state index >= 15 is 0 Å². The van der Waals surface area contributed by atoms with Gasteiger partial charge in [0.15, 0.2) is 0 Å². The minimum atomic E-state index is -1.36. The molecule has 0 saturated carbocycles. The molecule has 0 aliphatic carbocycles. The Bertz CT molecular complexity index is 1060. The lowest BCUT2D eigenvalue weighted by molar-refractivity contribution is -0.129. The number of amidine groups is 1. The fourth-order valence-corrected chi connectivity index (χ4v) is 3.80. The van der Waals surface area contributed by atoms with Gasteiger partial charge in [0.2, 0.25) is 11.8 Å². The van der Waals surface area contributed by atoms with Crippen LogP contribution in [0.15, 0.2) is 53.5 Å². The van der Waals surface area contributed by atoms with E-state index in [1.54, 1.807) is 31.2 Å². The highest BCUT2D eigenvalue weighted by molar-refractivity contribution is 6.02. The summed E-state index contributed by atoms with van der Waals surface area (Å²) in [7, 11) is 0. The van der Waals surface area contributed by atoms with Crippen LogP contribution >= 0.6 is 24.8 Å². The van der Waals surface area contributed by atoms with Crippen LogP contribution in [0.25, 0.3) is 0 Å². The highest BCUT2D eigenvalue weighted by Crippen LogP contribution is 2.26. The lowest BCUT2D eigenvalue weighted by Gasteiger charge is -2.17. The zero-order valence-corrected chi connectivity index (χ0v) is 21.1. The molecule has 0 unspecified atom stereocenters. The Balaban J connectivity index is 0.00000306. The summed E-state index contributed by atoms with van der Waals surface area (Å²) < 4.78 is 0. The number of nitrogens with two attached hydrogens (primary N) is 1. The molecule has 11 heteroatoms. The maximum absolute atomic E-state index is 12.6. The highest BCUT2D eigenvalue weighted by atomic mass is 35.5. The zero-order valence-electron chi connectivity index (χ0n) is 19.5. The number of aryl methyl sites for hydroxylation is 1. The lowest BCUT2D eigenvalue weighted by atomic mass is 9.95. The minimum absolute atomic E-state index is 0. The standard InChI is InChI=1S/C24H29N5O4.2ClH/c1-14-4-3-5-18(10-14)19-11-20(26-13-19)23(31)28-15(2)22(30)27-12-16-6-8-17(9-7-16)21(25)29-24(32)33;;/h3-10,15,19-20,26H,11-13H2,1-2H3,(H2,25,29)(H,27,30)(H,28,31)(H,32,33);2*1H/t15-,19+,20+;;/m0../s1. The molecule has 35 heavy (non-hydrogen) atoms. The van der Waals surface area contributed by atoms with E-state index in [0.717, 1.165) is 12.1 Å². The number of carboxylic acid groups (broad SMARTS) is 1. The summed E-state index contributed by atoms with van der Waals surface area (Å²) in [5, 5.41) is 17.5. The molecule has 1 saturated heterocycles. The van der Waals surface area contributed by atoms with Crippen LogP contribution in [0.3, 0.4) is 0 Å². The quantitative estimate of drug-likeness (QED) is 0.278. The van der Waals surface area contributed by atoms with Crippen molar-refractivity contribution in [2.75, 3.05) is 6.54 Å². The molecule has 2 aromatic rings. The Morgan fingerprint density at radius 1 is 1.17 bits per heavy atom. The van der Waals surface area contributed by atoms with Gasteiger partial charge < -0.3 is 26.8 Å². The van der Waals surface area contributed by atoms with Gasteiger partial charge in [-0.05, 0) is 37.3 Å². The van der Waals surface area contributed by atoms with E-state index in [-0.39, 0.29) is 61.0 Å². The monoisotopic (exact) mass is 523 g/mol. The third-order valence-corrected chi connectivity index (χ3v) is 5.65. The van der Waals surface area contributed by atoms with Crippen molar-refractivity contribution in [3.8, 4) is 0 Å². The molecule has 3 amide bonds. The molecule has 3 rings (SSSR count). The topological polar surface area (TPSA) is 146 Å². The van der Waals surface area contributed by atoms with Crippen LogP contribution < -0.4 is 21.7 Å². The summed E-state index contributed by atoms with van der Waals surface area (Å²) >= 11 is 0. The van der Waals surface area contributed by atoms with Gasteiger partial charge in [0.1, 0.15) is 11.9 Å². The first-order valence-corrected chi connectivity index (χ1v) is 10.8. The van der Waals surface area contributed by atoms with Crippen molar-refractivity contribution in [3.05, 3.63) is 70.8 Å². The van der Waals surface area contributed by atoms with E-state index < -0.39 is 12.1 Å². The van der Waals surface area contributed by atoms with Gasteiger partial charge in [-0.25, -0.2) is 4.79 Å². The average molecular weight is 524 g/mol. The molecule has 1 aliphatic heterocycles. The molecule has 190 valence electrons. The predicted octanol–water partition coefficient (Wildman–Crippen LogP) is 2.49. The fraction of sp³-hybridized carbons (Fsp3) is 0.333. The van der Waals surface area contributed by atoms with E-state index in [1.165, 1.54) is 11.1 Å². The van der Waals surface area contributed by atoms with Crippen LogP contribution in [0.2, 0.25) is 0 Å². The van der Waals surface area contributed by atoms with Crippen LogP contribution in [0.1, 0.15) is 41.5 Å². The fourth-order valence-electron chi connectivity index (χ4n) is 3.80. The van der Waals surface area contributed by atoms with Gasteiger partial charge in [-0.1, -0.05) is 54.1 Å². The van der Waals surface area contributed by atoms with Crippen molar-refractivity contribution in [2.45, 2.75) is 44.8 Å². The second-order valence-corrected chi connectivity index (χ2v) is 8.23. The number of rotatable bonds is 7. The van der Waals surface area contributed by atoms with E-state index in [9.17, 15) is 14.4 Å². The van der Waals surface area contributed by atoms with Crippen molar-refractivity contribution < 1.29 is 19.5 Å². The van der Waals surface area contributed by atoms with Crippen molar-refractivity contribution in [1.82, 2.24) is 16.0 Å². The van der Waals surface area contributed by atoms with E-state index in [1.807, 2.05) is 19.1 Å². The van der Waals surface area contributed by atoms with Gasteiger partial charge >= 0.3 is 6.09 Å². The third kappa shape index (κ3) is 8.54. The first-order chi connectivity index (χ1) is 15.7. The largest absolute Gasteiger partial charge is 0.463 e. The molecule has 9 nitrogen and oxygen atoms in total. The summed E-state index contributed by atoms with van der Waals surface area (Å²) in [6.07, 6.45) is -0.678. The number of halogens is 2. The Morgan fingerprint density at radius 3 is 2.49 bits per heavy atom. The molecular weight excluding hydrogens is 493 g/mol. The Labute approximate surface area is 216 Å². The van der Waals surface area contributed by atoms with E-state index in [0.29, 0.717) is 12.0 Å². The highest BCUT2D eigenvalue weighted by Gasteiger charge is 2.31. The average Bonchev–Trinajstić information content (AvgIpc) is 3.28. The normalized spacial score (nSPS) is 17.9. The minimum Gasteiger partial charge on any atom is -0.463 e. The predicted molar refractivity (Wildman–Crippen MR) is 139 cm³/mol. The summed E-state index contributed by atoms with van der Waals surface area (Å²) in [4.78, 5) is 38.9. The van der Waals surface area contributed by atoms with Crippen LogP contribution in [-0.2, 0) is 16.1 Å². The molecule has 3 atom stereocenters. The van der Waals surface area contributed by atoms with Gasteiger partial charge in [0, 0.05) is 18.7 Å². The smallest absolute Gasteiger partial charge is 0.433 e. The summed E-state index contributed by atoms with van der Waals surface area (Å²) in [5.41, 5.74) is 9.29. The number of nitrogens with one attached hydrogen (secondary N) is 3. The van der Waals surface area contributed by atoms with Gasteiger partial charge in [0.25, 0.3) is 0 Å². The van der Waals surface area contributed by atoms with Crippen LogP contribution in [0, 0.1) is 6.92 Å². The van der Waals surface area contributed by atoms with Crippen molar-refractivity contribution in [3.63, 3.8) is 0 Å². The number of nitrogens with zero attached hydrogens (tertiary/aromatic N) is 1. The van der Waals surface area contributed by atoms with Gasteiger partial charge in [-0.15, -0.1) is 24.8 Å². The lowest BCUT2D eigenvalue weighted by Crippen LogP contribution is -2.49. The first-order valence-electron chi connectivity index (χ1n) is 10.8. The number of carbonyl (C=O) groups is 3. The SMILES string of the molecule is Cc1cccc([C@H]2CN[C@@H](C(=O)N[C@@H](C)C(=O)NCc3ccc(/C(N)=N/C(=O)O)cc3)C2)c1.Cl.Cl. The number of hydrogen-bond acceptors (Lipinski definition) is 4. The number of amides is 3. The second-order valence-electron chi connectivity index (χ2n) is 8.23. The molecule has 1 fully saturated rings. The van der Waals surface area contributed by atoms with Gasteiger partial charge in [0.05, 0.1) is 6.04 Å². The molecule has 0 bridgehead atoms.